The van der Waals surface area contributed by atoms with Crippen molar-refractivity contribution < 1.29 is 17.9 Å². The second kappa shape index (κ2) is 7.27. The number of anilines is 1. The maximum atomic E-state index is 14.7. The van der Waals surface area contributed by atoms with Crippen molar-refractivity contribution in [3.8, 4) is 0 Å². The van der Waals surface area contributed by atoms with Gasteiger partial charge in [-0.2, -0.15) is 5.10 Å². The van der Waals surface area contributed by atoms with Crippen LogP contribution in [0, 0.1) is 12.7 Å². The first-order chi connectivity index (χ1) is 12.3. The molecule has 0 amide bonds. The molecule has 2 N–H and O–H groups in total. The summed E-state index contributed by atoms with van der Waals surface area (Å²) in [5.74, 6) is -3.39. The Labute approximate surface area is 149 Å². The van der Waals surface area contributed by atoms with Gasteiger partial charge in [-0.1, -0.05) is 12.1 Å². The Morgan fingerprint density at radius 2 is 2.15 bits per heavy atom. The zero-order valence-corrected chi connectivity index (χ0v) is 14.5. The van der Waals surface area contributed by atoms with E-state index in [0.29, 0.717) is 11.3 Å². The number of nitrogens with zero attached hydrogens (tertiary/aromatic N) is 3. The maximum Gasteiger partial charge on any atom is 0.300 e. The van der Waals surface area contributed by atoms with Gasteiger partial charge in [0.2, 0.25) is 0 Å². The highest BCUT2D eigenvalue weighted by Gasteiger charge is 2.33. The van der Waals surface area contributed by atoms with Gasteiger partial charge in [0.25, 0.3) is 6.02 Å². The van der Waals surface area contributed by atoms with Gasteiger partial charge >= 0.3 is 5.92 Å². The van der Waals surface area contributed by atoms with E-state index in [0.717, 1.165) is 5.69 Å². The minimum absolute atomic E-state index is 0.00549. The third-order valence-corrected chi connectivity index (χ3v) is 3.89. The first-order valence-electron chi connectivity index (χ1n) is 8.19. The van der Waals surface area contributed by atoms with Crippen molar-refractivity contribution in [1.29, 1.82) is 0 Å². The van der Waals surface area contributed by atoms with Crippen LogP contribution >= 0.6 is 0 Å². The molecule has 1 atom stereocenters. The van der Waals surface area contributed by atoms with Gasteiger partial charge in [-0.25, -0.2) is 18.2 Å². The minimum Gasteiger partial charge on any atom is -0.459 e. The van der Waals surface area contributed by atoms with Crippen molar-refractivity contribution in [3.63, 3.8) is 0 Å². The van der Waals surface area contributed by atoms with E-state index in [2.05, 4.69) is 20.7 Å². The molecular weight excluding hydrogens is 347 g/mol. The van der Waals surface area contributed by atoms with E-state index in [1.807, 2.05) is 26.1 Å². The smallest absolute Gasteiger partial charge is 0.300 e. The van der Waals surface area contributed by atoms with Gasteiger partial charge in [0.1, 0.15) is 12.7 Å². The Morgan fingerprint density at radius 3 is 2.81 bits per heavy atom. The van der Waals surface area contributed by atoms with E-state index >= 15 is 0 Å². The lowest BCUT2D eigenvalue weighted by Gasteiger charge is -2.22. The van der Waals surface area contributed by atoms with Crippen LogP contribution in [0.5, 0.6) is 0 Å². The largest absolute Gasteiger partial charge is 0.459 e. The fourth-order valence-corrected chi connectivity index (χ4v) is 2.50. The lowest BCUT2D eigenvalue weighted by Crippen LogP contribution is -2.39. The minimum atomic E-state index is -2.96. The number of amidine groups is 1. The average molecular weight is 367 g/mol. The van der Waals surface area contributed by atoms with Gasteiger partial charge < -0.3 is 15.4 Å². The Bertz CT molecular complexity index is 805. The van der Waals surface area contributed by atoms with Crippen LogP contribution in [0.15, 0.2) is 35.5 Å². The van der Waals surface area contributed by atoms with E-state index in [-0.39, 0.29) is 18.7 Å². The van der Waals surface area contributed by atoms with Crippen LogP contribution < -0.4 is 10.6 Å². The number of benzene rings is 1. The third kappa shape index (κ3) is 4.27. The van der Waals surface area contributed by atoms with Crippen molar-refractivity contribution in [3.05, 3.63) is 47.5 Å². The predicted molar refractivity (Wildman–Crippen MR) is 91.7 cm³/mol. The first kappa shape index (κ1) is 18.1. The van der Waals surface area contributed by atoms with E-state index < -0.39 is 24.9 Å². The predicted octanol–water partition coefficient (Wildman–Crippen LogP) is 3.07. The molecule has 26 heavy (non-hydrogen) atoms. The molecule has 140 valence electrons. The van der Waals surface area contributed by atoms with E-state index in [4.69, 9.17) is 4.74 Å². The molecular formula is C17H20F3N5O. The number of alkyl halides is 2. The van der Waals surface area contributed by atoms with Gasteiger partial charge in [0.15, 0.2) is 12.4 Å². The molecule has 0 saturated carbocycles. The van der Waals surface area contributed by atoms with E-state index in [9.17, 15) is 13.2 Å². The van der Waals surface area contributed by atoms with Crippen LogP contribution in [0.25, 0.3) is 0 Å². The number of hydrogen-bond acceptors (Lipinski definition) is 5. The molecule has 3 rings (SSSR count). The summed E-state index contributed by atoms with van der Waals surface area (Å²) in [6, 6.07) is 6.80. The van der Waals surface area contributed by atoms with Crippen molar-refractivity contribution in [1.82, 2.24) is 15.1 Å². The maximum absolute atomic E-state index is 14.7. The van der Waals surface area contributed by atoms with Gasteiger partial charge in [-0.15, -0.1) is 0 Å². The topological polar surface area (TPSA) is 63.5 Å². The average Bonchev–Trinajstić information content (AvgIpc) is 3.03. The molecule has 0 aliphatic carbocycles. The number of halogens is 3. The first-order valence-corrected chi connectivity index (χ1v) is 8.19. The van der Waals surface area contributed by atoms with E-state index in [1.54, 1.807) is 22.9 Å². The summed E-state index contributed by atoms with van der Waals surface area (Å²) in [5.41, 5.74) is 1.56. The number of aliphatic imine (C=N–C) groups is 1. The van der Waals surface area contributed by atoms with Crippen molar-refractivity contribution in [2.45, 2.75) is 32.5 Å². The van der Waals surface area contributed by atoms with Crippen molar-refractivity contribution in [2.24, 2.45) is 4.99 Å². The second-order valence-corrected chi connectivity index (χ2v) is 6.16. The molecule has 1 aliphatic rings. The molecule has 9 heteroatoms. The second-order valence-electron chi connectivity index (χ2n) is 6.16. The fourth-order valence-electron chi connectivity index (χ4n) is 2.50. The lowest BCUT2D eigenvalue weighted by atomic mass is 10.1. The highest BCUT2D eigenvalue weighted by molar-refractivity contribution is 5.74. The molecule has 0 radical (unpaired) electrons. The number of ether oxygens (including phenoxy) is 1. The molecule has 1 aromatic heterocycles. The fraction of sp³-hybridized carbons (Fsp3) is 0.412. The van der Waals surface area contributed by atoms with Gasteiger partial charge in [0.05, 0.1) is 11.4 Å². The number of aromatic nitrogens is 2. The van der Waals surface area contributed by atoms with Gasteiger partial charge in [-0.3, -0.25) is 4.68 Å². The molecule has 2 aromatic rings. The van der Waals surface area contributed by atoms with Crippen molar-refractivity contribution in [2.75, 3.05) is 18.5 Å². The molecule has 0 unspecified atom stereocenters. The van der Waals surface area contributed by atoms with Crippen LogP contribution in [0.2, 0.25) is 0 Å². The summed E-state index contributed by atoms with van der Waals surface area (Å²) in [4.78, 5) is 3.62. The van der Waals surface area contributed by atoms with Gasteiger partial charge in [-0.05, 0) is 26.0 Å². The quantitative estimate of drug-likeness (QED) is 0.853. The summed E-state index contributed by atoms with van der Waals surface area (Å²) in [6.45, 7) is 2.44. The molecule has 0 spiro atoms. The molecule has 0 fully saturated rings. The van der Waals surface area contributed by atoms with Crippen molar-refractivity contribution >= 4 is 11.7 Å². The molecule has 2 heterocycles. The number of hydrogen-bond donors (Lipinski definition) is 2. The van der Waals surface area contributed by atoms with Crippen LogP contribution in [-0.2, 0) is 11.3 Å². The Kier molecular flexibility index (Phi) is 5.06. The Hall–Kier alpha value is -2.71. The SMILES string of the molecule is Cc1ccn([C@H](C)Nc2cccc(CNC3=NCC(F)(F)CO3)c2F)n1. The standard InChI is InChI=1S/C17H20F3N5O/c1-11-6-7-25(24-11)12(2)23-14-5-3-4-13(15(14)18)8-21-16-22-9-17(19,20)10-26-16/h3-7,12,23H,8-10H2,1-2H3,(H,21,22)/t12-/m1/s1. The lowest BCUT2D eigenvalue weighted by molar-refractivity contribution is -0.0476. The third-order valence-electron chi connectivity index (χ3n) is 3.89. The van der Waals surface area contributed by atoms with Crippen LogP contribution in [0.3, 0.4) is 0 Å². The number of aryl methyl sites for hydroxylation is 1. The van der Waals surface area contributed by atoms with Crippen LogP contribution in [0.4, 0.5) is 18.9 Å². The Morgan fingerprint density at radius 1 is 1.35 bits per heavy atom. The summed E-state index contributed by atoms with van der Waals surface area (Å²) in [5, 5.41) is 10.1. The summed E-state index contributed by atoms with van der Waals surface area (Å²) >= 11 is 0. The van der Waals surface area contributed by atoms with E-state index in [1.165, 1.54) is 0 Å². The normalized spacial score (nSPS) is 17.2. The summed E-state index contributed by atoms with van der Waals surface area (Å²) in [6.07, 6.45) is 1.57. The molecule has 1 aliphatic heterocycles. The van der Waals surface area contributed by atoms with Gasteiger partial charge in [0, 0.05) is 18.3 Å². The highest BCUT2D eigenvalue weighted by atomic mass is 19.3. The summed E-state index contributed by atoms with van der Waals surface area (Å²) < 4.78 is 47.2. The highest BCUT2D eigenvalue weighted by Crippen LogP contribution is 2.22. The van der Waals surface area contributed by atoms with Crippen LogP contribution in [0.1, 0.15) is 24.3 Å². The zero-order chi connectivity index (χ0) is 18.7. The number of rotatable bonds is 5. The molecule has 0 saturated heterocycles. The monoisotopic (exact) mass is 367 g/mol. The molecule has 1 aromatic carbocycles. The molecule has 0 bridgehead atoms. The van der Waals surface area contributed by atoms with Crippen LogP contribution in [-0.4, -0.2) is 34.9 Å². The Balaban J connectivity index is 1.64. The number of nitrogens with one attached hydrogen (secondary N) is 2. The zero-order valence-electron chi connectivity index (χ0n) is 14.5. The molecule has 6 nitrogen and oxygen atoms in total. The summed E-state index contributed by atoms with van der Waals surface area (Å²) in [7, 11) is 0.